The van der Waals surface area contributed by atoms with Gasteiger partial charge in [0.25, 0.3) is 0 Å². The smallest absolute Gasteiger partial charge is 0.309 e. The molecular formula is C16H21NO3. The van der Waals surface area contributed by atoms with Gasteiger partial charge in [0.05, 0.1) is 13.5 Å². The molecule has 0 saturated carbocycles. The summed E-state index contributed by atoms with van der Waals surface area (Å²) in [5, 5.41) is 0. The van der Waals surface area contributed by atoms with Crippen molar-refractivity contribution < 1.29 is 14.3 Å². The third kappa shape index (κ3) is 3.59. The van der Waals surface area contributed by atoms with Gasteiger partial charge in [-0.2, -0.15) is 0 Å². The molecule has 1 saturated heterocycles. The van der Waals surface area contributed by atoms with Gasteiger partial charge in [0.1, 0.15) is 5.78 Å². The second kappa shape index (κ2) is 6.55. The lowest BCUT2D eigenvalue weighted by molar-refractivity contribution is -0.139. The van der Waals surface area contributed by atoms with Crippen LogP contribution in [0.3, 0.4) is 0 Å². The number of hydrogen-bond donors (Lipinski definition) is 0. The molecule has 4 heteroatoms. The Balaban J connectivity index is 1.94. The van der Waals surface area contributed by atoms with Crippen LogP contribution in [-0.4, -0.2) is 32.0 Å². The Morgan fingerprint density at radius 3 is 2.30 bits per heavy atom. The number of methoxy groups -OCH3 is 1. The van der Waals surface area contributed by atoms with Crippen molar-refractivity contribution in [3.63, 3.8) is 0 Å². The van der Waals surface area contributed by atoms with E-state index in [-0.39, 0.29) is 11.9 Å². The highest BCUT2D eigenvalue weighted by Gasteiger charge is 2.22. The molecule has 0 unspecified atom stereocenters. The number of nitrogens with zero attached hydrogens (tertiary/aromatic N) is 1. The van der Waals surface area contributed by atoms with Crippen LogP contribution in [0.4, 0.5) is 5.69 Å². The summed E-state index contributed by atoms with van der Waals surface area (Å²) in [4.78, 5) is 24.9. The minimum absolute atomic E-state index is 0.222. The first-order chi connectivity index (χ1) is 9.60. The van der Waals surface area contributed by atoms with E-state index >= 15 is 0 Å². The summed E-state index contributed by atoms with van der Waals surface area (Å²) in [7, 11) is 1.40. The molecule has 1 aliphatic heterocycles. The third-order valence-electron chi connectivity index (χ3n) is 3.95. The molecule has 0 atom stereocenters. The van der Waals surface area contributed by atoms with Gasteiger partial charge in [0.15, 0.2) is 0 Å². The minimum Gasteiger partial charge on any atom is -0.469 e. The number of benzene rings is 1. The van der Waals surface area contributed by atoms with E-state index < -0.39 is 0 Å². The number of esters is 1. The summed E-state index contributed by atoms with van der Waals surface area (Å²) >= 11 is 0. The molecule has 1 heterocycles. The quantitative estimate of drug-likeness (QED) is 0.790. The first-order valence-corrected chi connectivity index (χ1v) is 7.01. The number of carbonyl (C=O) groups is 2. The van der Waals surface area contributed by atoms with Gasteiger partial charge in [-0.25, -0.2) is 0 Å². The van der Waals surface area contributed by atoms with Crippen molar-refractivity contribution in [3.05, 3.63) is 29.8 Å². The first-order valence-electron chi connectivity index (χ1n) is 7.01. The van der Waals surface area contributed by atoms with Crippen LogP contribution in [0.5, 0.6) is 0 Å². The molecule has 4 nitrogen and oxygen atoms in total. The predicted molar refractivity (Wildman–Crippen MR) is 77.8 cm³/mol. The largest absolute Gasteiger partial charge is 0.469 e. The van der Waals surface area contributed by atoms with Crippen LogP contribution in [0.15, 0.2) is 24.3 Å². The number of hydrogen-bond acceptors (Lipinski definition) is 4. The lowest BCUT2D eigenvalue weighted by Gasteiger charge is -2.32. The Labute approximate surface area is 119 Å². The molecule has 108 valence electrons. The molecule has 0 N–H and O–H groups in total. The molecule has 20 heavy (non-hydrogen) atoms. The maximum Gasteiger partial charge on any atom is 0.309 e. The molecule has 1 aromatic carbocycles. The molecule has 0 radical (unpaired) electrons. The van der Waals surface area contributed by atoms with Crippen molar-refractivity contribution in [2.24, 2.45) is 5.92 Å². The summed E-state index contributed by atoms with van der Waals surface area (Å²) in [6.07, 6.45) is 2.17. The molecule has 1 aliphatic rings. The van der Waals surface area contributed by atoms with Crippen molar-refractivity contribution in [1.82, 2.24) is 0 Å². The average Bonchev–Trinajstić information content (AvgIpc) is 2.48. The Kier molecular flexibility index (Phi) is 4.77. The molecule has 0 amide bonds. The predicted octanol–water partition coefficient (Wildman–Crippen LogP) is 2.21. The second-order valence-corrected chi connectivity index (χ2v) is 5.29. The fourth-order valence-electron chi connectivity index (χ4n) is 2.61. The molecular weight excluding hydrogens is 254 g/mol. The molecule has 0 bridgehead atoms. The second-order valence-electron chi connectivity index (χ2n) is 5.29. The molecule has 0 aliphatic carbocycles. The van der Waals surface area contributed by atoms with E-state index in [9.17, 15) is 9.59 Å². The maximum absolute atomic E-state index is 11.4. The molecule has 0 aromatic heterocycles. The Hall–Kier alpha value is -1.84. The van der Waals surface area contributed by atoms with Gasteiger partial charge in [-0.05, 0) is 37.5 Å². The zero-order valence-electron chi connectivity index (χ0n) is 12.1. The molecule has 1 aromatic rings. The van der Waals surface area contributed by atoms with E-state index in [1.54, 1.807) is 6.92 Å². The normalized spacial score (nSPS) is 16.0. The van der Waals surface area contributed by atoms with Crippen LogP contribution in [0, 0.1) is 5.92 Å². The summed E-state index contributed by atoms with van der Waals surface area (Å²) in [6, 6.07) is 7.99. The van der Waals surface area contributed by atoms with Crippen molar-refractivity contribution in [2.45, 2.75) is 26.2 Å². The topological polar surface area (TPSA) is 46.6 Å². The standard InChI is InChI=1S/C16H21NO3/c1-12(18)14-7-9-17(10-8-14)15-5-3-13(4-6-15)11-16(19)20-2/h3-6,14H,7-11H2,1-2H3. The van der Waals surface area contributed by atoms with E-state index in [2.05, 4.69) is 9.64 Å². The Morgan fingerprint density at radius 1 is 1.20 bits per heavy atom. The molecule has 1 fully saturated rings. The van der Waals surface area contributed by atoms with Gasteiger partial charge in [0, 0.05) is 24.7 Å². The van der Waals surface area contributed by atoms with Gasteiger partial charge in [0.2, 0.25) is 0 Å². The Morgan fingerprint density at radius 2 is 1.80 bits per heavy atom. The van der Waals surface area contributed by atoms with E-state index in [1.165, 1.54) is 7.11 Å². The van der Waals surface area contributed by atoms with Crippen LogP contribution >= 0.6 is 0 Å². The van der Waals surface area contributed by atoms with Crippen molar-refractivity contribution in [3.8, 4) is 0 Å². The number of Topliss-reactive ketones (excluding diaryl/α,β-unsaturated/α-hetero) is 1. The van der Waals surface area contributed by atoms with Gasteiger partial charge in [-0.1, -0.05) is 12.1 Å². The highest BCUT2D eigenvalue weighted by atomic mass is 16.5. The van der Waals surface area contributed by atoms with Crippen LogP contribution in [0.1, 0.15) is 25.3 Å². The van der Waals surface area contributed by atoms with Crippen molar-refractivity contribution >= 4 is 17.4 Å². The zero-order chi connectivity index (χ0) is 14.5. The highest BCUT2D eigenvalue weighted by Crippen LogP contribution is 2.24. The van der Waals surface area contributed by atoms with E-state index in [1.807, 2.05) is 24.3 Å². The molecule has 2 rings (SSSR count). The van der Waals surface area contributed by atoms with Crippen LogP contribution < -0.4 is 4.90 Å². The number of piperidine rings is 1. The Bertz CT molecular complexity index is 473. The third-order valence-corrected chi connectivity index (χ3v) is 3.95. The molecule has 0 spiro atoms. The van der Waals surface area contributed by atoms with E-state index in [0.29, 0.717) is 12.2 Å². The van der Waals surface area contributed by atoms with Crippen LogP contribution in [0.25, 0.3) is 0 Å². The fraction of sp³-hybridized carbons (Fsp3) is 0.500. The number of rotatable bonds is 4. The first kappa shape index (κ1) is 14.6. The minimum atomic E-state index is -0.222. The zero-order valence-corrected chi connectivity index (χ0v) is 12.1. The maximum atomic E-state index is 11.4. The number of carbonyl (C=O) groups excluding carboxylic acids is 2. The van der Waals surface area contributed by atoms with E-state index in [0.717, 1.165) is 37.2 Å². The van der Waals surface area contributed by atoms with Crippen LogP contribution in [0.2, 0.25) is 0 Å². The monoisotopic (exact) mass is 275 g/mol. The SMILES string of the molecule is COC(=O)Cc1ccc(N2CCC(C(C)=O)CC2)cc1. The summed E-state index contributed by atoms with van der Waals surface area (Å²) in [5.41, 5.74) is 2.11. The lowest BCUT2D eigenvalue weighted by atomic mass is 9.93. The summed E-state index contributed by atoms with van der Waals surface area (Å²) in [5.74, 6) is 0.308. The van der Waals surface area contributed by atoms with Gasteiger partial charge < -0.3 is 9.64 Å². The lowest BCUT2D eigenvalue weighted by Crippen LogP contribution is -2.35. The fourth-order valence-corrected chi connectivity index (χ4v) is 2.61. The van der Waals surface area contributed by atoms with Crippen LogP contribution in [-0.2, 0) is 20.7 Å². The van der Waals surface area contributed by atoms with Gasteiger partial charge in [-0.15, -0.1) is 0 Å². The number of anilines is 1. The number of ketones is 1. The van der Waals surface area contributed by atoms with E-state index in [4.69, 9.17) is 0 Å². The summed E-state index contributed by atoms with van der Waals surface area (Å²) in [6.45, 7) is 3.52. The van der Waals surface area contributed by atoms with Crippen molar-refractivity contribution in [1.29, 1.82) is 0 Å². The number of ether oxygens (including phenoxy) is 1. The van der Waals surface area contributed by atoms with Gasteiger partial charge >= 0.3 is 5.97 Å². The van der Waals surface area contributed by atoms with Gasteiger partial charge in [-0.3, -0.25) is 9.59 Å². The average molecular weight is 275 g/mol. The highest BCUT2D eigenvalue weighted by molar-refractivity contribution is 5.78. The van der Waals surface area contributed by atoms with Crippen molar-refractivity contribution in [2.75, 3.05) is 25.1 Å². The summed E-state index contributed by atoms with van der Waals surface area (Å²) < 4.78 is 4.65.